The van der Waals surface area contributed by atoms with Gasteiger partial charge in [-0.1, -0.05) is 48.9 Å². The van der Waals surface area contributed by atoms with E-state index in [1.54, 1.807) is 4.90 Å². The average molecular weight is 343 g/mol. The number of carbonyl (C=O) groups is 2. The SMILES string of the molecule is CCc1ccc2c(c1)[C@H](NC(C)=O)C(=O)N2Cc1ccccc1Cl. The fourth-order valence-corrected chi connectivity index (χ4v) is 3.21. The topological polar surface area (TPSA) is 49.4 Å². The van der Waals surface area contributed by atoms with E-state index < -0.39 is 6.04 Å². The molecule has 0 aliphatic carbocycles. The first-order valence-electron chi connectivity index (χ1n) is 7.96. The zero-order valence-corrected chi connectivity index (χ0v) is 14.4. The highest BCUT2D eigenvalue weighted by atomic mass is 35.5. The summed E-state index contributed by atoms with van der Waals surface area (Å²) >= 11 is 6.24. The van der Waals surface area contributed by atoms with Crippen molar-refractivity contribution in [3.8, 4) is 0 Å². The average Bonchev–Trinajstić information content (AvgIpc) is 2.81. The minimum atomic E-state index is -0.633. The second-order valence-corrected chi connectivity index (χ2v) is 6.30. The number of benzene rings is 2. The largest absolute Gasteiger partial charge is 0.341 e. The molecule has 0 saturated carbocycles. The van der Waals surface area contributed by atoms with E-state index in [4.69, 9.17) is 11.6 Å². The molecule has 124 valence electrons. The van der Waals surface area contributed by atoms with E-state index in [0.29, 0.717) is 11.6 Å². The van der Waals surface area contributed by atoms with Gasteiger partial charge in [-0.3, -0.25) is 9.59 Å². The fraction of sp³-hybridized carbons (Fsp3) is 0.263. The number of halogens is 1. The second-order valence-electron chi connectivity index (χ2n) is 5.90. The summed E-state index contributed by atoms with van der Waals surface area (Å²) in [6.45, 7) is 3.87. The molecule has 0 radical (unpaired) electrons. The Morgan fingerprint density at radius 3 is 2.67 bits per heavy atom. The van der Waals surface area contributed by atoms with Crippen LogP contribution in [0.4, 0.5) is 5.69 Å². The number of amides is 2. The zero-order valence-electron chi connectivity index (χ0n) is 13.7. The molecular weight excluding hydrogens is 324 g/mol. The lowest BCUT2D eigenvalue weighted by Gasteiger charge is -2.19. The number of aryl methyl sites for hydroxylation is 1. The van der Waals surface area contributed by atoms with E-state index in [1.807, 2.05) is 42.5 Å². The van der Waals surface area contributed by atoms with Gasteiger partial charge in [0, 0.05) is 23.2 Å². The number of carbonyl (C=O) groups excluding carboxylic acids is 2. The van der Waals surface area contributed by atoms with Gasteiger partial charge in [-0.15, -0.1) is 0 Å². The Bertz CT molecular complexity index is 804. The maximum absolute atomic E-state index is 12.9. The van der Waals surface area contributed by atoms with E-state index in [1.165, 1.54) is 6.92 Å². The highest BCUT2D eigenvalue weighted by Gasteiger charge is 2.38. The number of nitrogens with zero attached hydrogens (tertiary/aromatic N) is 1. The standard InChI is InChI=1S/C19H19ClN2O2/c1-3-13-8-9-17-15(10-13)18(21-12(2)23)19(24)22(17)11-14-6-4-5-7-16(14)20/h4-10,18H,3,11H2,1-2H3,(H,21,23)/t18-/m0/s1. The third kappa shape index (κ3) is 3.02. The summed E-state index contributed by atoms with van der Waals surface area (Å²) in [5.41, 5.74) is 3.69. The van der Waals surface area contributed by atoms with Crippen LogP contribution in [0.5, 0.6) is 0 Å². The summed E-state index contributed by atoms with van der Waals surface area (Å²) in [5, 5.41) is 3.39. The third-order valence-electron chi connectivity index (χ3n) is 4.25. The van der Waals surface area contributed by atoms with Crippen LogP contribution in [-0.2, 0) is 22.6 Å². The van der Waals surface area contributed by atoms with E-state index in [9.17, 15) is 9.59 Å². The molecule has 0 aromatic heterocycles. The van der Waals surface area contributed by atoms with Crippen molar-refractivity contribution in [1.82, 2.24) is 5.32 Å². The van der Waals surface area contributed by atoms with Gasteiger partial charge in [0.25, 0.3) is 5.91 Å². The molecule has 3 rings (SSSR count). The van der Waals surface area contributed by atoms with Crippen molar-refractivity contribution in [3.05, 3.63) is 64.2 Å². The van der Waals surface area contributed by atoms with Crippen LogP contribution in [0.1, 0.15) is 36.6 Å². The molecule has 2 amide bonds. The molecule has 24 heavy (non-hydrogen) atoms. The number of hydrogen-bond acceptors (Lipinski definition) is 2. The Labute approximate surface area is 146 Å². The van der Waals surface area contributed by atoms with E-state index in [2.05, 4.69) is 12.2 Å². The van der Waals surface area contributed by atoms with Crippen molar-refractivity contribution in [2.24, 2.45) is 0 Å². The summed E-state index contributed by atoms with van der Waals surface area (Å²) in [6, 6.07) is 12.8. The summed E-state index contributed by atoms with van der Waals surface area (Å²) in [5.74, 6) is -0.353. The van der Waals surface area contributed by atoms with Gasteiger partial charge in [0.2, 0.25) is 5.91 Å². The number of rotatable bonds is 4. The minimum Gasteiger partial charge on any atom is -0.341 e. The van der Waals surface area contributed by atoms with Gasteiger partial charge in [-0.2, -0.15) is 0 Å². The molecule has 1 aliphatic rings. The van der Waals surface area contributed by atoms with Crippen molar-refractivity contribution in [2.45, 2.75) is 32.9 Å². The predicted molar refractivity (Wildman–Crippen MR) is 95.0 cm³/mol. The van der Waals surface area contributed by atoms with E-state index >= 15 is 0 Å². The Morgan fingerprint density at radius 2 is 2.00 bits per heavy atom. The van der Waals surface area contributed by atoms with Crippen LogP contribution in [0.15, 0.2) is 42.5 Å². The molecular formula is C19H19ClN2O2. The van der Waals surface area contributed by atoms with Gasteiger partial charge in [0.15, 0.2) is 0 Å². The molecule has 2 aromatic rings. The Balaban J connectivity index is 2.01. The van der Waals surface area contributed by atoms with Crippen LogP contribution in [0.25, 0.3) is 0 Å². The lowest BCUT2D eigenvalue weighted by molar-refractivity contribution is -0.126. The molecule has 5 heteroatoms. The van der Waals surface area contributed by atoms with Crippen LogP contribution >= 0.6 is 11.6 Å². The van der Waals surface area contributed by atoms with Gasteiger partial charge in [-0.05, 0) is 29.7 Å². The van der Waals surface area contributed by atoms with Crippen molar-refractivity contribution < 1.29 is 9.59 Å². The highest BCUT2D eigenvalue weighted by Crippen LogP contribution is 2.38. The van der Waals surface area contributed by atoms with Crippen molar-refractivity contribution in [3.63, 3.8) is 0 Å². The van der Waals surface area contributed by atoms with Gasteiger partial charge in [0.1, 0.15) is 6.04 Å². The summed E-state index contributed by atoms with van der Waals surface area (Å²) in [7, 11) is 0. The smallest absolute Gasteiger partial charge is 0.254 e. The molecule has 1 heterocycles. The van der Waals surface area contributed by atoms with Crippen LogP contribution < -0.4 is 10.2 Å². The monoisotopic (exact) mass is 342 g/mol. The number of anilines is 1. The Kier molecular flexibility index (Phi) is 4.58. The lowest BCUT2D eigenvalue weighted by Crippen LogP contribution is -2.36. The quantitative estimate of drug-likeness (QED) is 0.922. The Hall–Kier alpha value is -2.33. The van der Waals surface area contributed by atoms with Gasteiger partial charge in [-0.25, -0.2) is 0 Å². The fourth-order valence-electron chi connectivity index (χ4n) is 3.01. The third-order valence-corrected chi connectivity index (χ3v) is 4.62. The molecule has 2 aromatic carbocycles. The van der Waals surface area contributed by atoms with Crippen LogP contribution in [-0.4, -0.2) is 11.8 Å². The summed E-state index contributed by atoms with van der Waals surface area (Å²) in [6.07, 6.45) is 0.874. The van der Waals surface area contributed by atoms with Crippen LogP contribution in [0.2, 0.25) is 5.02 Å². The number of nitrogens with one attached hydrogen (secondary N) is 1. The molecule has 0 bridgehead atoms. The maximum Gasteiger partial charge on any atom is 0.254 e. The molecule has 1 N–H and O–H groups in total. The predicted octanol–water partition coefficient (Wildman–Crippen LogP) is 3.63. The Morgan fingerprint density at radius 1 is 1.25 bits per heavy atom. The normalized spacial score (nSPS) is 16.2. The number of fused-ring (bicyclic) bond motifs is 1. The molecule has 4 nitrogen and oxygen atoms in total. The minimum absolute atomic E-state index is 0.131. The first-order chi connectivity index (χ1) is 11.5. The number of hydrogen-bond donors (Lipinski definition) is 1. The van der Waals surface area contributed by atoms with Gasteiger partial charge >= 0.3 is 0 Å². The molecule has 0 fully saturated rings. The van der Waals surface area contributed by atoms with Gasteiger partial charge in [0.05, 0.1) is 6.54 Å². The second kappa shape index (κ2) is 6.65. The molecule has 0 spiro atoms. The highest BCUT2D eigenvalue weighted by molar-refractivity contribution is 6.31. The summed E-state index contributed by atoms with van der Waals surface area (Å²) < 4.78 is 0. The first kappa shape index (κ1) is 16.5. The van der Waals surface area contributed by atoms with Gasteiger partial charge < -0.3 is 10.2 Å². The maximum atomic E-state index is 12.9. The molecule has 1 aliphatic heterocycles. The van der Waals surface area contributed by atoms with E-state index in [0.717, 1.165) is 28.8 Å². The summed E-state index contributed by atoms with van der Waals surface area (Å²) in [4.78, 5) is 26.1. The molecule has 0 unspecified atom stereocenters. The van der Waals surface area contributed by atoms with Crippen molar-refractivity contribution >= 4 is 29.1 Å². The lowest BCUT2D eigenvalue weighted by atomic mass is 10.0. The van der Waals surface area contributed by atoms with Crippen molar-refractivity contribution in [2.75, 3.05) is 4.90 Å². The van der Waals surface area contributed by atoms with E-state index in [-0.39, 0.29) is 11.8 Å². The first-order valence-corrected chi connectivity index (χ1v) is 8.33. The van der Waals surface area contributed by atoms with Crippen molar-refractivity contribution in [1.29, 1.82) is 0 Å². The molecule has 1 atom stereocenters. The molecule has 0 saturated heterocycles. The zero-order chi connectivity index (χ0) is 17.3. The van der Waals surface area contributed by atoms with Crippen LogP contribution in [0, 0.1) is 0 Å². The van der Waals surface area contributed by atoms with Crippen LogP contribution in [0.3, 0.4) is 0 Å².